The van der Waals surface area contributed by atoms with Crippen LogP contribution in [0.25, 0.3) is 5.69 Å². The fourth-order valence-electron chi connectivity index (χ4n) is 5.80. The quantitative estimate of drug-likeness (QED) is 0.260. The molecule has 1 unspecified atom stereocenters. The van der Waals surface area contributed by atoms with E-state index in [-0.39, 0.29) is 17.2 Å². The van der Waals surface area contributed by atoms with Gasteiger partial charge >= 0.3 is 0 Å². The van der Waals surface area contributed by atoms with E-state index in [1.54, 1.807) is 6.20 Å². The van der Waals surface area contributed by atoms with Crippen molar-refractivity contribution >= 4 is 23.7 Å². The van der Waals surface area contributed by atoms with Crippen LogP contribution in [0.3, 0.4) is 0 Å². The number of aldehydes is 1. The van der Waals surface area contributed by atoms with Crippen LogP contribution in [0.15, 0.2) is 107 Å². The minimum atomic E-state index is -0.346. The van der Waals surface area contributed by atoms with Crippen LogP contribution < -0.4 is 10.1 Å². The zero-order valence-electron chi connectivity index (χ0n) is 27.9. The molecule has 8 heteroatoms. The van der Waals surface area contributed by atoms with Gasteiger partial charge in [-0.3, -0.25) is 4.79 Å². The first kappa shape index (κ1) is 34.5. The van der Waals surface area contributed by atoms with Crippen molar-refractivity contribution in [1.29, 1.82) is 0 Å². The molecule has 1 aromatic heterocycles. The number of nitrogens with one attached hydrogen (secondary N) is 1. The smallest absolute Gasteiger partial charge is 0.163 e. The fraction of sp³-hybridized carbons (Fsp3) is 0.342. The van der Waals surface area contributed by atoms with Crippen LogP contribution in [0.2, 0.25) is 5.02 Å². The standard InChI is InChI=1S/C36H41ClN4O2.C2H4O/c1-7-24(3)10-17-32-30(8-2)39-31-21-36(4,5)22-33(42)34(31)35(40(32)6)28-16-15-27(20-29(28)37)43-23-25-11-13-26(14-12-25)41-19-9-18-38-41;1-2-3/h8-20,35,39H,7,21-23H2,1-6H3;2H,1H3/b24-10+,30-8+,32-17+;. The fourth-order valence-corrected chi connectivity index (χ4v) is 6.07. The highest BCUT2D eigenvalue weighted by atomic mass is 35.5. The molecule has 0 saturated carbocycles. The first-order valence-electron chi connectivity index (χ1n) is 15.7. The number of hydrogen-bond donors (Lipinski definition) is 1. The molecule has 0 spiro atoms. The molecule has 0 amide bonds. The molecule has 1 N–H and O–H groups in total. The van der Waals surface area contributed by atoms with Crippen molar-refractivity contribution in [1.82, 2.24) is 20.0 Å². The maximum Gasteiger partial charge on any atom is 0.163 e. The SMILES string of the molecule is C/C=C1/NC2=C(C(=O)CC(C)(C)C2)C(c2ccc(OCc3ccc(-n4cccn4)cc3)cc2Cl)N(C)/C1=C/C=C(\C)CC.CC=O. The van der Waals surface area contributed by atoms with Gasteiger partial charge in [-0.1, -0.05) is 68.3 Å². The summed E-state index contributed by atoms with van der Waals surface area (Å²) in [7, 11) is 2.05. The number of allylic oxidation sites excluding steroid dienone is 5. The molecule has 1 aliphatic heterocycles. The van der Waals surface area contributed by atoms with Gasteiger partial charge in [-0.25, -0.2) is 4.68 Å². The molecule has 3 aromatic rings. The summed E-state index contributed by atoms with van der Waals surface area (Å²) < 4.78 is 7.97. The predicted molar refractivity (Wildman–Crippen MR) is 186 cm³/mol. The number of Topliss-reactive ketones (excluding diaryl/α,β-unsaturated/α-hetero) is 1. The van der Waals surface area contributed by atoms with Gasteiger partial charge in [0.1, 0.15) is 18.6 Å². The van der Waals surface area contributed by atoms with Gasteiger partial charge in [0.2, 0.25) is 0 Å². The summed E-state index contributed by atoms with van der Waals surface area (Å²) >= 11 is 7.03. The first-order valence-corrected chi connectivity index (χ1v) is 16.1. The minimum absolute atomic E-state index is 0.129. The van der Waals surface area contributed by atoms with Gasteiger partial charge in [-0.2, -0.15) is 5.10 Å². The molecular formula is C38H45ClN4O3. The van der Waals surface area contributed by atoms with Crippen LogP contribution in [-0.4, -0.2) is 33.8 Å². The third-order valence-electron chi connectivity index (χ3n) is 8.27. The molecule has 0 saturated heterocycles. The molecule has 2 heterocycles. The number of carbonyl (C=O) groups excluding carboxylic acids is 2. The van der Waals surface area contributed by atoms with E-state index in [9.17, 15) is 4.79 Å². The molecule has 46 heavy (non-hydrogen) atoms. The number of nitrogens with zero attached hydrogens (tertiary/aromatic N) is 3. The Bertz CT molecular complexity index is 1660. The topological polar surface area (TPSA) is 76.5 Å². The summed E-state index contributed by atoms with van der Waals surface area (Å²) in [4.78, 5) is 24.8. The van der Waals surface area contributed by atoms with Gasteiger partial charge in [-0.05, 0) is 86.6 Å². The van der Waals surface area contributed by atoms with E-state index in [2.05, 4.69) is 61.2 Å². The van der Waals surface area contributed by atoms with Crippen molar-refractivity contribution in [3.63, 3.8) is 0 Å². The number of aromatic nitrogens is 2. The van der Waals surface area contributed by atoms with Gasteiger partial charge < -0.3 is 19.7 Å². The highest BCUT2D eigenvalue weighted by Crippen LogP contribution is 2.47. The summed E-state index contributed by atoms with van der Waals surface area (Å²) in [6.07, 6.45) is 13.1. The molecule has 0 radical (unpaired) electrons. The van der Waals surface area contributed by atoms with Crippen molar-refractivity contribution in [2.45, 2.75) is 73.5 Å². The molecule has 0 bridgehead atoms. The number of rotatable bonds is 7. The van der Waals surface area contributed by atoms with Crippen molar-refractivity contribution < 1.29 is 14.3 Å². The van der Waals surface area contributed by atoms with Crippen LogP contribution in [-0.2, 0) is 16.2 Å². The maximum absolute atomic E-state index is 13.8. The Kier molecular flexibility index (Phi) is 11.5. The van der Waals surface area contributed by atoms with Gasteiger partial charge in [0.25, 0.3) is 0 Å². The van der Waals surface area contributed by atoms with E-state index < -0.39 is 0 Å². The largest absolute Gasteiger partial charge is 0.489 e. The average Bonchev–Trinajstić information content (AvgIpc) is 3.53. The van der Waals surface area contributed by atoms with E-state index in [4.69, 9.17) is 21.1 Å². The molecular weight excluding hydrogens is 596 g/mol. The third-order valence-corrected chi connectivity index (χ3v) is 8.60. The summed E-state index contributed by atoms with van der Waals surface area (Å²) in [6.45, 7) is 12.5. The summed E-state index contributed by atoms with van der Waals surface area (Å²) in [5, 5.41) is 8.51. The number of halogens is 1. The van der Waals surface area contributed by atoms with Crippen LogP contribution >= 0.6 is 11.6 Å². The molecule has 1 atom stereocenters. The van der Waals surface area contributed by atoms with Gasteiger partial charge in [0.15, 0.2) is 5.78 Å². The Balaban J connectivity index is 0.00000154. The summed E-state index contributed by atoms with van der Waals surface area (Å²) in [5.41, 5.74) is 7.81. The van der Waals surface area contributed by atoms with E-state index >= 15 is 0 Å². The monoisotopic (exact) mass is 640 g/mol. The number of carbonyl (C=O) groups is 2. The summed E-state index contributed by atoms with van der Waals surface area (Å²) in [5.74, 6) is 0.832. The van der Waals surface area contributed by atoms with E-state index in [1.807, 2.05) is 73.4 Å². The third kappa shape index (κ3) is 8.07. The predicted octanol–water partition coefficient (Wildman–Crippen LogP) is 8.67. The van der Waals surface area contributed by atoms with Gasteiger partial charge in [-0.15, -0.1) is 0 Å². The number of likely N-dealkylation sites (N-methyl/N-ethyl adjacent to an activating group) is 1. The lowest BCUT2D eigenvalue weighted by molar-refractivity contribution is -0.118. The van der Waals surface area contributed by atoms with Crippen LogP contribution in [0.5, 0.6) is 5.75 Å². The molecule has 2 aromatic carbocycles. The van der Waals surface area contributed by atoms with Crippen molar-refractivity contribution in [2.24, 2.45) is 5.41 Å². The second-order valence-corrected chi connectivity index (χ2v) is 12.8. The van der Waals surface area contributed by atoms with E-state index in [0.717, 1.165) is 58.6 Å². The van der Waals surface area contributed by atoms with Gasteiger partial charge in [0.05, 0.1) is 23.1 Å². The van der Waals surface area contributed by atoms with Crippen LogP contribution in [0.1, 0.15) is 78.0 Å². The Morgan fingerprint density at radius 1 is 1.15 bits per heavy atom. The number of ether oxygens (including phenoxy) is 1. The number of benzene rings is 2. The van der Waals surface area contributed by atoms with E-state index in [1.165, 1.54) is 12.5 Å². The van der Waals surface area contributed by atoms with Crippen LogP contribution in [0.4, 0.5) is 0 Å². The van der Waals surface area contributed by atoms with Crippen molar-refractivity contribution in [2.75, 3.05) is 7.05 Å². The lowest BCUT2D eigenvalue weighted by Gasteiger charge is -2.36. The zero-order chi connectivity index (χ0) is 33.4. The average molecular weight is 641 g/mol. The zero-order valence-corrected chi connectivity index (χ0v) is 28.7. The molecule has 1 aliphatic carbocycles. The van der Waals surface area contributed by atoms with Crippen molar-refractivity contribution in [3.05, 3.63) is 124 Å². The maximum atomic E-state index is 13.8. The molecule has 0 fully saturated rings. The minimum Gasteiger partial charge on any atom is -0.489 e. The highest BCUT2D eigenvalue weighted by molar-refractivity contribution is 6.31. The van der Waals surface area contributed by atoms with E-state index in [0.29, 0.717) is 23.8 Å². The second kappa shape index (κ2) is 15.3. The second-order valence-electron chi connectivity index (χ2n) is 12.4. The molecule has 242 valence electrons. The Hall–Kier alpha value is -4.36. The number of hydrogen-bond acceptors (Lipinski definition) is 6. The van der Waals surface area contributed by atoms with Gasteiger partial charge in [0, 0.05) is 42.2 Å². The lowest BCUT2D eigenvalue weighted by atomic mass is 9.73. The molecule has 7 nitrogen and oxygen atoms in total. The Morgan fingerprint density at radius 2 is 1.87 bits per heavy atom. The first-order chi connectivity index (χ1) is 22.0. The molecule has 5 rings (SSSR count). The van der Waals surface area contributed by atoms with Crippen molar-refractivity contribution in [3.8, 4) is 11.4 Å². The normalized spacial score (nSPS) is 19.7. The number of ketones is 1. The Morgan fingerprint density at radius 3 is 2.48 bits per heavy atom. The summed E-state index contributed by atoms with van der Waals surface area (Å²) in [6, 6.07) is 15.5. The lowest BCUT2D eigenvalue weighted by Crippen LogP contribution is -2.34. The molecule has 2 aliphatic rings. The highest BCUT2D eigenvalue weighted by Gasteiger charge is 2.41. The van der Waals surface area contributed by atoms with Crippen LogP contribution in [0, 0.1) is 5.41 Å². The Labute approximate surface area is 278 Å².